The van der Waals surface area contributed by atoms with Crippen LogP contribution in [-0.2, 0) is 11.3 Å². The van der Waals surface area contributed by atoms with Crippen LogP contribution in [0.5, 0.6) is 0 Å². The third-order valence-electron chi connectivity index (χ3n) is 4.46. The molecule has 1 N–H and O–H groups in total. The Morgan fingerprint density at radius 1 is 1.13 bits per heavy atom. The molecule has 5 nitrogen and oxygen atoms in total. The zero-order chi connectivity index (χ0) is 21.6. The van der Waals surface area contributed by atoms with E-state index in [1.54, 1.807) is 12.1 Å². The number of hydrogen-bond donors (Lipinski definition) is 1. The molecule has 0 bridgehead atoms. The minimum absolute atomic E-state index is 0.143. The van der Waals surface area contributed by atoms with Crippen LogP contribution < -0.4 is 5.43 Å². The molecule has 0 atom stereocenters. The van der Waals surface area contributed by atoms with Gasteiger partial charge in [-0.15, -0.1) is 0 Å². The van der Waals surface area contributed by atoms with Crippen LogP contribution in [0.15, 0.2) is 83.1 Å². The predicted molar refractivity (Wildman–Crippen MR) is 123 cm³/mol. The van der Waals surface area contributed by atoms with Crippen LogP contribution in [0.25, 0.3) is 11.0 Å². The van der Waals surface area contributed by atoms with E-state index in [4.69, 9.17) is 11.6 Å². The highest BCUT2D eigenvalue weighted by Gasteiger charge is 2.13. The summed E-state index contributed by atoms with van der Waals surface area (Å²) in [6.45, 7) is 0.610. The number of aromatic nitrogens is 2. The van der Waals surface area contributed by atoms with Crippen molar-refractivity contribution in [1.82, 2.24) is 15.0 Å². The fourth-order valence-corrected chi connectivity index (χ4v) is 3.95. The molecule has 156 valence electrons. The molecule has 4 aromatic rings. The van der Waals surface area contributed by atoms with Crippen LogP contribution in [0.1, 0.15) is 11.1 Å². The fourth-order valence-electron chi connectivity index (χ4n) is 3.02. The van der Waals surface area contributed by atoms with E-state index in [0.29, 0.717) is 17.1 Å². The van der Waals surface area contributed by atoms with Gasteiger partial charge in [0.2, 0.25) is 0 Å². The van der Waals surface area contributed by atoms with Crippen molar-refractivity contribution < 1.29 is 9.18 Å². The quantitative estimate of drug-likeness (QED) is 0.240. The largest absolute Gasteiger partial charge is 0.314 e. The summed E-state index contributed by atoms with van der Waals surface area (Å²) < 4.78 is 15.3. The van der Waals surface area contributed by atoms with Gasteiger partial charge in [-0.05, 0) is 47.5 Å². The number of benzene rings is 3. The lowest BCUT2D eigenvalue weighted by Crippen LogP contribution is -2.20. The molecule has 4 rings (SSSR count). The summed E-state index contributed by atoms with van der Waals surface area (Å²) in [6.07, 6.45) is 1.40. The minimum atomic E-state index is -0.356. The average Bonchev–Trinajstić information content (AvgIpc) is 3.11. The van der Waals surface area contributed by atoms with Crippen molar-refractivity contribution in [3.8, 4) is 0 Å². The number of imidazole rings is 1. The highest BCUT2D eigenvalue weighted by Crippen LogP contribution is 2.25. The summed E-state index contributed by atoms with van der Waals surface area (Å²) in [5, 5.41) is 5.31. The molecule has 8 heteroatoms. The van der Waals surface area contributed by atoms with Crippen LogP contribution in [0.2, 0.25) is 5.02 Å². The van der Waals surface area contributed by atoms with Crippen LogP contribution in [-0.4, -0.2) is 27.4 Å². The Bertz CT molecular complexity index is 1240. The Balaban J connectivity index is 1.45. The molecule has 1 amide bonds. The smallest absolute Gasteiger partial charge is 0.250 e. The second-order valence-corrected chi connectivity index (χ2v) is 8.11. The van der Waals surface area contributed by atoms with E-state index >= 15 is 0 Å². The van der Waals surface area contributed by atoms with E-state index in [-0.39, 0.29) is 17.5 Å². The summed E-state index contributed by atoms with van der Waals surface area (Å²) >= 11 is 7.33. The monoisotopic (exact) mass is 452 g/mol. The van der Waals surface area contributed by atoms with Gasteiger partial charge in [0, 0.05) is 5.02 Å². The topological polar surface area (TPSA) is 59.3 Å². The van der Waals surface area contributed by atoms with Crippen LogP contribution >= 0.6 is 23.4 Å². The van der Waals surface area contributed by atoms with Crippen molar-refractivity contribution in [1.29, 1.82) is 0 Å². The zero-order valence-electron chi connectivity index (χ0n) is 16.3. The Hall–Kier alpha value is -3.16. The van der Waals surface area contributed by atoms with Gasteiger partial charge in [0.15, 0.2) is 5.16 Å². The van der Waals surface area contributed by atoms with Gasteiger partial charge in [-0.2, -0.15) is 5.10 Å². The maximum atomic E-state index is 13.2. The Morgan fingerprint density at radius 2 is 1.94 bits per heavy atom. The molecule has 1 aromatic heterocycles. The summed E-state index contributed by atoms with van der Waals surface area (Å²) in [5.74, 6) is -0.488. The van der Waals surface area contributed by atoms with Crippen molar-refractivity contribution in [2.75, 3.05) is 5.75 Å². The van der Waals surface area contributed by atoms with E-state index in [0.717, 1.165) is 21.8 Å². The van der Waals surface area contributed by atoms with Gasteiger partial charge >= 0.3 is 0 Å². The Kier molecular flexibility index (Phi) is 6.64. The molecule has 3 aromatic carbocycles. The first-order valence-electron chi connectivity index (χ1n) is 9.48. The lowest BCUT2D eigenvalue weighted by molar-refractivity contribution is -0.118. The number of hydrazone groups is 1. The maximum absolute atomic E-state index is 13.2. The second kappa shape index (κ2) is 9.76. The van der Waals surface area contributed by atoms with Gasteiger partial charge in [0.25, 0.3) is 5.91 Å². The number of para-hydroxylation sites is 2. The number of rotatable bonds is 7. The molecule has 0 aliphatic rings. The molecule has 0 aliphatic heterocycles. The van der Waals surface area contributed by atoms with Crippen molar-refractivity contribution in [3.05, 3.63) is 94.8 Å². The van der Waals surface area contributed by atoms with Crippen LogP contribution in [0.3, 0.4) is 0 Å². The number of amides is 1. The third-order valence-corrected chi connectivity index (χ3v) is 5.69. The lowest BCUT2D eigenvalue weighted by atomic mass is 10.2. The Morgan fingerprint density at radius 3 is 2.74 bits per heavy atom. The van der Waals surface area contributed by atoms with Gasteiger partial charge in [-0.1, -0.05) is 59.8 Å². The van der Waals surface area contributed by atoms with E-state index in [1.165, 1.54) is 30.1 Å². The molecule has 0 radical (unpaired) electrons. The number of fused-ring (bicyclic) bond motifs is 1. The molecule has 0 saturated carbocycles. The molecule has 0 unspecified atom stereocenters. The molecular formula is C23H18ClFN4OS. The SMILES string of the molecule is O=C(CSc1nc2ccccc2n1Cc1ccc(Cl)cc1)N/N=C/c1cccc(F)c1. The van der Waals surface area contributed by atoms with E-state index < -0.39 is 0 Å². The summed E-state index contributed by atoms with van der Waals surface area (Å²) in [5.41, 5.74) is 5.97. The molecule has 31 heavy (non-hydrogen) atoms. The van der Waals surface area contributed by atoms with Gasteiger partial charge in [-0.25, -0.2) is 14.8 Å². The molecule has 1 heterocycles. The van der Waals surface area contributed by atoms with Gasteiger partial charge in [-0.3, -0.25) is 4.79 Å². The predicted octanol–water partition coefficient (Wildman–Crippen LogP) is 5.12. The Labute approximate surface area is 187 Å². The number of carbonyl (C=O) groups is 1. The fraction of sp³-hybridized carbons (Fsp3) is 0.0870. The highest BCUT2D eigenvalue weighted by atomic mass is 35.5. The molecule has 0 spiro atoms. The average molecular weight is 453 g/mol. The van der Waals surface area contributed by atoms with Gasteiger partial charge in [0.1, 0.15) is 5.82 Å². The third kappa shape index (κ3) is 5.51. The van der Waals surface area contributed by atoms with Gasteiger partial charge in [0.05, 0.1) is 29.5 Å². The summed E-state index contributed by atoms with van der Waals surface area (Å²) in [4.78, 5) is 16.9. The van der Waals surface area contributed by atoms with Crippen molar-refractivity contribution in [3.63, 3.8) is 0 Å². The first-order chi connectivity index (χ1) is 15.1. The number of hydrogen-bond acceptors (Lipinski definition) is 4. The molecule has 0 fully saturated rings. The van der Waals surface area contributed by atoms with Crippen molar-refractivity contribution in [2.45, 2.75) is 11.7 Å². The highest BCUT2D eigenvalue weighted by molar-refractivity contribution is 7.99. The van der Waals surface area contributed by atoms with Gasteiger partial charge < -0.3 is 4.57 Å². The van der Waals surface area contributed by atoms with E-state index in [2.05, 4.69) is 20.1 Å². The molecular weight excluding hydrogens is 435 g/mol. The first kappa shape index (κ1) is 21.1. The van der Waals surface area contributed by atoms with E-state index in [1.807, 2.05) is 48.5 Å². The molecule has 0 aliphatic carbocycles. The van der Waals surface area contributed by atoms with Crippen molar-refractivity contribution >= 4 is 46.5 Å². The van der Waals surface area contributed by atoms with Crippen LogP contribution in [0, 0.1) is 5.82 Å². The first-order valence-corrected chi connectivity index (χ1v) is 10.8. The minimum Gasteiger partial charge on any atom is -0.314 e. The maximum Gasteiger partial charge on any atom is 0.250 e. The lowest BCUT2D eigenvalue weighted by Gasteiger charge is -2.09. The number of nitrogens with zero attached hydrogens (tertiary/aromatic N) is 3. The molecule has 0 saturated heterocycles. The van der Waals surface area contributed by atoms with E-state index in [9.17, 15) is 9.18 Å². The number of carbonyl (C=O) groups excluding carboxylic acids is 1. The number of halogens is 2. The number of nitrogens with one attached hydrogen (secondary N) is 1. The van der Waals surface area contributed by atoms with Crippen LogP contribution in [0.4, 0.5) is 4.39 Å². The second-order valence-electron chi connectivity index (χ2n) is 6.73. The zero-order valence-corrected chi connectivity index (χ0v) is 17.9. The van der Waals surface area contributed by atoms with Crippen molar-refractivity contribution in [2.24, 2.45) is 5.10 Å². The summed E-state index contributed by atoms with van der Waals surface area (Å²) in [7, 11) is 0. The standard InChI is InChI=1S/C23H18ClFN4OS/c24-18-10-8-16(9-11-18)14-29-21-7-2-1-6-20(21)27-23(29)31-15-22(30)28-26-13-17-4-3-5-19(25)12-17/h1-13H,14-15H2,(H,28,30)/b26-13+. The summed E-state index contributed by atoms with van der Waals surface area (Å²) in [6, 6.07) is 21.5. The normalized spacial score (nSPS) is 11.3. The number of thioether (sulfide) groups is 1.